The van der Waals surface area contributed by atoms with Crippen LogP contribution in [-0.4, -0.2) is 34.6 Å². The molecule has 1 heterocycles. The summed E-state index contributed by atoms with van der Waals surface area (Å²) in [6, 6.07) is 0. The number of nitrogens with zero attached hydrogens (tertiary/aromatic N) is 3. The van der Waals surface area contributed by atoms with Gasteiger partial charge in [-0.25, -0.2) is 0 Å². The van der Waals surface area contributed by atoms with E-state index >= 15 is 0 Å². The van der Waals surface area contributed by atoms with E-state index in [0.29, 0.717) is 5.92 Å². The quantitative estimate of drug-likeness (QED) is 0.779. The van der Waals surface area contributed by atoms with E-state index in [1.807, 2.05) is 36.9 Å². The van der Waals surface area contributed by atoms with Crippen LogP contribution < -0.4 is 0 Å². The Morgan fingerprint density at radius 3 is 2.45 bits per heavy atom. The van der Waals surface area contributed by atoms with Crippen LogP contribution in [0, 0.1) is 5.41 Å². The first-order valence-corrected chi connectivity index (χ1v) is 7.14. The van der Waals surface area contributed by atoms with E-state index in [-0.39, 0.29) is 11.2 Å². The monoisotopic (exact) mass is 275 g/mol. The van der Waals surface area contributed by atoms with Gasteiger partial charge in [0, 0.05) is 44.8 Å². The Morgan fingerprint density at radius 2 is 1.95 bits per heavy atom. The van der Waals surface area contributed by atoms with E-state index < -0.39 is 0 Å². The number of hydrogen-bond acceptors (Lipinski definition) is 3. The molecular weight excluding hydrogens is 250 g/mol. The van der Waals surface area contributed by atoms with Crippen molar-refractivity contribution in [2.24, 2.45) is 12.5 Å². The second kappa shape index (κ2) is 4.76. The Hall–Kier alpha value is -1.58. The van der Waals surface area contributed by atoms with E-state index in [1.165, 1.54) is 0 Å². The fourth-order valence-corrected chi connectivity index (χ4v) is 3.08. The Bertz CT molecular complexity index is 577. The molecule has 0 saturated carbocycles. The van der Waals surface area contributed by atoms with Crippen LogP contribution in [0.1, 0.15) is 55.4 Å². The van der Waals surface area contributed by atoms with Gasteiger partial charge in [-0.3, -0.25) is 9.48 Å². The minimum Gasteiger partial charge on any atom is -0.383 e. The molecule has 0 unspecified atom stereocenters. The predicted molar refractivity (Wildman–Crippen MR) is 80.9 cm³/mol. The molecule has 4 nitrogen and oxygen atoms in total. The number of Topliss-reactive ketones (excluding diaryl/α,β-unsaturated/α-hetero) is 1. The number of carbonyl (C=O) groups excluding carboxylic acids is 1. The fraction of sp³-hybridized carbons (Fsp3) is 0.625. The number of fused-ring (bicyclic) bond motifs is 1. The first kappa shape index (κ1) is 14.8. The van der Waals surface area contributed by atoms with E-state index in [9.17, 15) is 4.79 Å². The molecule has 4 heteroatoms. The lowest BCUT2D eigenvalue weighted by molar-refractivity contribution is 0.0990. The van der Waals surface area contributed by atoms with Crippen LogP contribution in [0.5, 0.6) is 0 Å². The van der Waals surface area contributed by atoms with E-state index in [0.717, 1.165) is 28.9 Å². The SMILES string of the molecule is CC(C)c1c2c(nn1C)CC(C)(C)/C(=C/N(C)C)C2=O. The lowest BCUT2D eigenvalue weighted by atomic mass is 9.71. The zero-order chi connectivity index (χ0) is 15.2. The van der Waals surface area contributed by atoms with Crippen molar-refractivity contribution in [3.05, 3.63) is 28.7 Å². The highest BCUT2D eigenvalue weighted by molar-refractivity contribution is 6.12. The van der Waals surface area contributed by atoms with Gasteiger partial charge in [-0.2, -0.15) is 5.10 Å². The highest BCUT2D eigenvalue weighted by Gasteiger charge is 2.40. The van der Waals surface area contributed by atoms with Gasteiger partial charge in [0.15, 0.2) is 5.78 Å². The molecule has 0 radical (unpaired) electrons. The normalized spacial score (nSPS) is 19.6. The summed E-state index contributed by atoms with van der Waals surface area (Å²) in [4.78, 5) is 14.9. The zero-order valence-corrected chi connectivity index (χ0v) is 13.6. The molecule has 0 amide bonds. The Balaban J connectivity index is 2.65. The standard InChI is InChI=1S/C16H25N3O/c1-10(2)14-13-12(17-19(14)7)8-16(3,4)11(15(13)20)9-18(5)6/h9-10H,8H2,1-7H3/b11-9+. The molecule has 20 heavy (non-hydrogen) atoms. The molecule has 0 bridgehead atoms. The van der Waals surface area contributed by atoms with Gasteiger partial charge < -0.3 is 4.90 Å². The van der Waals surface area contributed by atoms with Crippen molar-refractivity contribution in [2.45, 2.75) is 40.0 Å². The number of carbonyl (C=O) groups is 1. The van der Waals surface area contributed by atoms with E-state index in [2.05, 4.69) is 32.8 Å². The molecule has 0 aliphatic heterocycles. The fourth-order valence-electron chi connectivity index (χ4n) is 3.08. The molecule has 2 rings (SSSR count). The van der Waals surface area contributed by atoms with Crippen LogP contribution in [0.2, 0.25) is 0 Å². The minimum absolute atomic E-state index is 0.141. The maximum Gasteiger partial charge on any atom is 0.194 e. The Labute approximate surface area is 121 Å². The third-order valence-corrected chi connectivity index (χ3v) is 3.91. The van der Waals surface area contributed by atoms with Crippen LogP contribution in [-0.2, 0) is 13.5 Å². The van der Waals surface area contributed by atoms with Gasteiger partial charge in [-0.05, 0) is 5.92 Å². The average Bonchev–Trinajstić information content (AvgIpc) is 2.59. The lowest BCUT2D eigenvalue weighted by Crippen LogP contribution is -2.32. The molecule has 0 saturated heterocycles. The molecule has 0 N–H and O–H groups in total. The molecule has 1 aliphatic rings. The van der Waals surface area contributed by atoms with Crippen molar-refractivity contribution in [1.82, 2.24) is 14.7 Å². The number of aromatic nitrogens is 2. The van der Waals surface area contributed by atoms with Gasteiger partial charge in [0.25, 0.3) is 0 Å². The second-order valence-electron chi connectivity index (χ2n) is 6.88. The van der Waals surface area contributed by atoms with Gasteiger partial charge in [0.1, 0.15) is 0 Å². The van der Waals surface area contributed by atoms with Crippen molar-refractivity contribution >= 4 is 5.78 Å². The van der Waals surface area contributed by atoms with Crippen LogP contribution in [0.3, 0.4) is 0 Å². The highest BCUT2D eigenvalue weighted by atomic mass is 16.1. The summed E-state index contributed by atoms with van der Waals surface area (Å²) in [5.74, 6) is 0.434. The van der Waals surface area contributed by atoms with Crippen molar-refractivity contribution in [1.29, 1.82) is 0 Å². The summed E-state index contributed by atoms with van der Waals surface area (Å²) in [6.45, 7) is 8.46. The minimum atomic E-state index is -0.170. The number of rotatable bonds is 2. The van der Waals surface area contributed by atoms with Crippen molar-refractivity contribution in [3.8, 4) is 0 Å². The van der Waals surface area contributed by atoms with Crippen molar-refractivity contribution < 1.29 is 4.79 Å². The molecule has 0 spiro atoms. The molecule has 1 aliphatic carbocycles. The summed E-state index contributed by atoms with van der Waals surface area (Å²) in [5, 5.41) is 4.59. The molecule has 1 aromatic heterocycles. The van der Waals surface area contributed by atoms with Crippen LogP contribution in [0.4, 0.5) is 0 Å². The largest absolute Gasteiger partial charge is 0.383 e. The van der Waals surface area contributed by atoms with Gasteiger partial charge in [-0.1, -0.05) is 27.7 Å². The number of ketones is 1. The zero-order valence-electron chi connectivity index (χ0n) is 13.6. The highest BCUT2D eigenvalue weighted by Crippen LogP contribution is 2.41. The third-order valence-electron chi connectivity index (χ3n) is 3.91. The third kappa shape index (κ3) is 2.28. The molecular formula is C16H25N3O. The van der Waals surface area contributed by atoms with Crippen molar-refractivity contribution in [2.75, 3.05) is 14.1 Å². The summed E-state index contributed by atoms with van der Waals surface area (Å²) >= 11 is 0. The predicted octanol–water partition coefficient (Wildman–Crippen LogP) is 2.75. The summed E-state index contributed by atoms with van der Waals surface area (Å²) < 4.78 is 1.88. The number of aryl methyl sites for hydroxylation is 1. The average molecular weight is 275 g/mol. The van der Waals surface area contributed by atoms with Gasteiger partial charge >= 0.3 is 0 Å². The maximum atomic E-state index is 13.0. The molecule has 0 fully saturated rings. The summed E-state index contributed by atoms with van der Waals surface area (Å²) in [6.07, 6.45) is 2.77. The first-order valence-electron chi connectivity index (χ1n) is 7.14. The summed E-state index contributed by atoms with van der Waals surface area (Å²) in [5.41, 5.74) is 3.53. The van der Waals surface area contributed by atoms with Crippen LogP contribution in [0.15, 0.2) is 11.8 Å². The Kier molecular flexibility index (Phi) is 3.53. The van der Waals surface area contributed by atoms with Crippen molar-refractivity contribution in [3.63, 3.8) is 0 Å². The Morgan fingerprint density at radius 1 is 1.35 bits per heavy atom. The smallest absolute Gasteiger partial charge is 0.194 e. The number of allylic oxidation sites excluding steroid dienone is 1. The lowest BCUT2D eigenvalue weighted by Gasteiger charge is -2.32. The second-order valence-corrected chi connectivity index (χ2v) is 6.88. The van der Waals surface area contributed by atoms with E-state index in [1.54, 1.807) is 0 Å². The maximum absolute atomic E-state index is 13.0. The first-order chi connectivity index (χ1) is 9.15. The number of hydrogen-bond donors (Lipinski definition) is 0. The topological polar surface area (TPSA) is 38.1 Å². The molecule has 0 aromatic carbocycles. The molecule has 0 atom stereocenters. The summed E-state index contributed by atoms with van der Waals surface area (Å²) in [7, 11) is 5.85. The molecule has 110 valence electrons. The van der Waals surface area contributed by atoms with Crippen LogP contribution in [0.25, 0.3) is 0 Å². The van der Waals surface area contributed by atoms with Gasteiger partial charge in [0.05, 0.1) is 17.0 Å². The van der Waals surface area contributed by atoms with E-state index in [4.69, 9.17) is 0 Å². The molecule has 1 aromatic rings. The van der Waals surface area contributed by atoms with Gasteiger partial charge in [0.2, 0.25) is 0 Å². The van der Waals surface area contributed by atoms with Crippen LogP contribution >= 0.6 is 0 Å². The van der Waals surface area contributed by atoms with Gasteiger partial charge in [-0.15, -0.1) is 0 Å².